The van der Waals surface area contributed by atoms with E-state index in [1.165, 1.54) is 12.1 Å². The first-order valence-corrected chi connectivity index (χ1v) is 7.09. The Bertz CT molecular complexity index is 575. The Kier molecular flexibility index (Phi) is 5.64. The maximum Gasteiger partial charge on any atom is 0.174 e. The second kappa shape index (κ2) is 7.72. The Morgan fingerprint density at radius 1 is 1.20 bits per heavy atom. The molecule has 1 N–H and O–H groups in total. The maximum atomic E-state index is 12.7. The first-order chi connectivity index (χ1) is 9.79. The minimum atomic E-state index is -0.394. The number of rotatable bonds is 6. The molecule has 4 nitrogen and oxygen atoms in total. The Balaban J connectivity index is 2.01. The molecular weight excluding hydrogens is 277 g/mol. The lowest BCUT2D eigenvalue weighted by Gasteiger charge is -2.05. The largest absolute Gasteiger partial charge is 0.396 e. The smallest absolute Gasteiger partial charge is 0.174 e. The predicted molar refractivity (Wildman–Crippen MR) is 76.7 cm³/mol. The lowest BCUT2D eigenvalue weighted by molar-refractivity contribution is 0.322. The second-order valence-corrected chi connectivity index (χ2v) is 5.05. The zero-order chi connectivity index (χ0) is 14.2. The van der Waals surface area contributed by atoms with Crippen molar-refractivity contribution in [1.29, 1.82) is 0 Å². The van der Waals surface area contributed by atoms with Gasteiger partial charge in [-0.25, -0.2) is 9.37 Å². The number of hydrogen-bond acceptors (Lipinski definition) is 5. The molecule has 0 spiro atoms. The molecule has 20 heavy (non-hydrogen) atoms. The van der Waals surface area contributed by atoms with Crippen molar-refractivity contribution in [2.45, 2.75) is 11.4 Å². The molecule has 0 radical (unpaired) electrons. The molecule has 6 heteroatoms. The first-order valence-electron chi connectivity index (χ1n) is 6.10. The molecule has 0 fully saturated rings. The van der Waals surface area contributed by atoms with Crippen molar-refractivity contribution in [3.63, 3.8) is 0 Å². The van der Waals surface area contributed by atoms with Gasteiger partial charge in [-0.05, 0) is 23.8 Å². The number of nitrogens with zero attached hydrogens (tertiary/aromatic N) is 3. The topological polar surface area (TPSA) is 57.8 Å². The molecule has 0 atom stereocenters. The van der Waals surface area contributed by atoms with Gasteiger partial charge < -0.3 is 5.11 Å². The van der Waals surface area contributed by atoms with Crippen LogP contribution in [0.25, 0.3) is 0 Å². The van der Waals surface area contributed by atoms with Crippen molar-refractivity contribution in [3.8, 4) is 0 Å². The highest BCUT2D eigenvalue weighted by atomic mass is 32.2. The lowest BCUT2D eigenvalue weighted by Crippen LogP contribution is -1.90. The molecular formula is C14H14FN3OS. The SMILES string of the molecule is OCCSc1ccccc1CN=Nc1ccc(F)cn1. The van der Waals surface area contributed by atoms with E-state index in [9.17, 15) is 4.39 Å². The van der Waals surface area contributed by atoms with Crippen molar-refractivity contribution in [2.75, 3.05) is 12.4 Å². The average molecular weight is 291 g/mol. The summed E-state index contributed by atoms with van der Waals surface area (Å²) in [7, 11) is 0. The number of benzene rings is 1. The van der Waals surface area contributed by atoms with Gasteiger partial charge in [0.2, 0.25) is 0 Å². The fraction of sp³-hybridized carbons (Fsp3) is 0.214. The van der Waals surface area contributed by atoms with Crippen molar-refractivity contribution >= 4 is 17.6 Å². The minimum Gasteiger partial charge on any atom is -0.396 e. The van der Waals surface area contributed by atoms with E-state index in [4.69, 9.17) is 5.11 Å². The monoisotopic (exact) mass is 291 g/mol. The van der Waals surface area contributed by atoms with E-state index in [1.54, 1.807) is 11.8 Å². The van der Waals surface area contributed by atoms with E-state index in [-0.39, 0.29) is 6.61 Å². The number of pyridine rings is 1. The van der Waals surface area contributed by atoms with Gasteiger partial charge in [0.1, 0.15) is 5.82 Å². The quantitative estimate of drug-likeness (QED) is 0.653. The number of azo groups is 1. The molecule has 0 aliphatic carbocycles. The number of halogens is 1. The lowest BCUT2D eigenvalue weighted by atomic mass is 10.2. The summed E-state index contributed by atoms with van der Waals surface area (Å²) in [6, 6.07) is 10.6. The summed E-state index contributed by atoms with van der Waals surface area (Å²) in [6.45, 7) is 0.563. The van der Waals surface area contributed by atoms with Crippen LogP contribution in [0.5, 0.6) is 0 Å². The molecule has 0 saturated carbocycles. The maximum absolute atomic E-state index is 12.7. The average Bonchev–Trinajstić information content (AvgIpc) is 2.48. The van der Waals surface area contributed by atoms with Crippen molar-refractivity contribution < 1.29 is 9.50 Å². The van der Waals surface area contributed by atoms with Crippen LogP contribution in [-0.2, 0) is 6.54 Å². The summed E-state index contributed by atoms with van der Waals surface area (Å²) < 4.78 is 12.7. The number of aromatic nitrogens is 1. The molecule has 1 aromatic carbocycles. The van der Waals surface area contributed by atoms with Crippen LogP contribution in [0.4, 0.5) is 10.2 Å². The zero-order valence-electron chi connectivity index (χ0n) is 10.7. The summed E-state index contributed by atoms with van der Waals surface area (Å²) >= 11 is 1.58. The molecule has 1 heterocycles. The van der Waals surface area contributed by atoms with Gasteiger partial charge in [-0.15, -0.1) is 16.9 Å². The van der Waals surface area contributed by atoms with E-state index in [2.05, 4.69) is 15.2 Å². The fourth-order valence-corrected chi connectivity index (χ4v) is 2.35. The van der Waals surface area contributed by atoms with Crippen LogP contribution in [0.15, 0.2) is 57.7 Å². The van der Waals surface area contributed by atoms with Crippen LogP contribution < -0.4 is 0 Å². The highest BCUT2D eigenvalue weighted by Crippen LogP contribution is 2.23. The molecule has 0 amide bonds. The van der Waals surface area contributed by atoms with Crippen LogP contribution in [0.1, 0.15) is 5.56 Å². The molecule has 1 aromatic heterocycles. The Hall–Kier alpha value is -1.79. The molecule has 0 aliphatic rings. The van der Waals surface area contributed by atoms with E-state index in [0.717, 1.165) is 16.7 Å². The molecule has 0 unspecified atom stereocenters. The van der Waals surface area contributed by atoms with Gasteiger partial charge in [-0.1, -0.05) is 18.2 Å². The molecule has 0 saturated heterocycles. The Morgan fingerprint density at radius 3 is 2.80 bits per heavy atom. The summed E-state index contributed by atoms with van der Waals surface area (Å²) in [5.41, 5.74) is 1.04. The summed E-state index contributed by atoms with van der Waals surface area (Å²) in [5, 5.41) is 16.9. The van der Waals surface area contributed by atoms with E-state index in [1.807, 2.05) is 24.3 Å². The number of aliphatic hydroxyl groups is 1. The highest BCUT2D eigenvalue weighted by Gasteiger charge is 2.01. The van der Waals surface area contributed by atoms with Crippen molar-refractivity contribution in [3.05, 3.63) is 54.0 Å². The summed E-state index contributed by atoms with van der Waals surface area (Å²) in [4.78, 5) is 4.88. The van der Waals surface area contributed by atoms with Crippen LogP contribution in [0.2, 0.25) is 0 Å². The Labute approximate surface area is 120 Å². The number of thioether (sulfide) groups is 1. The van der Waals surface area contributed by atoms with Crippen LogP contribution >= 0.6 is 11.8 Å². The normalized spacial score (nSPS) is 11.1. The summed E-state index contributed by atoms with van der Waals surface area (Å²) in [6.07, 6.45) is 1.11. The second-order valence-electron chi connectivity index (χ2n) is 3.91. The fourth-order valence-electron chi connectivity index (χ4n) is 1.54. The van der Waals surface area contributed by atoms with Gasteiger partial charge in [0.25, 0.3) is 0 Å². The van der Waals surface area contributed by atoms with E-state index in [0.29, 0.717) is 18.1 Å². The first kappa shape index (κ1) is 14.6. The number of aliphatic hydroxyl groups excluding tert-OH is 1. The van der Waals surface area contributed by atoms with Gasteiger partial charge in [0, 0.05) is 10.6 Å². The summed E-state index contributed by atoms with van der Waals surface area (Å²) in [5.74, 6) is 0.634. The molecule has 0 bridgehead atoms. The molecule has 2 aromatic rings. The van der Waals surface area contributed by atoms with Gasteiger partial charge in [0.05, 0.1) is 19.3 Å². The van der Waals surface area contributed by atoms with Gasteiger partial charge in [-0.3, -0.25) is 0 Å². The van der Waals surface area contributed by atoms with Gasteiger partial charge in [0.15, 0.2) is 5.82 Å². The van der Waals surface area contributed by atoms with E-state index < -0.39 is 5.82 Å². The minimum absolute atomic E-state index is 0.139. The number of hydrogen-bond donors (Lipinski definition) is 1. The van der Waals surface area contributed by atoms with Crippen LogP contribution in [-0.4, -0.2) is 22.5 Å². The predicted octanol–water partition coefficient (Wildman–Crippen LogP) is 3.59. The third-order valence-corrected chi connectivity index (χ3v) is 3.54. The van der Waals surface area contributed by atoms with Crippen molar-refractivity contribution in [1.82, 2.24) is 4.98 Å². The zero-order valence-corrected chi connectivity index (χ0v) is 11.6. The van der Waals surface area contributed by atoms with E-state index >= 15 is 0 Å². The third-order valence-electron chi connectivity index (χ3n) is 2.45. The van der Waals surface area contributed by atoms with Crippen molar-refractivity contribution in [2.24, 2.45) is 10.2 Å². The molecule has 104 valence electrons. The standard InChI is InChI=1S/C14H14FN3OS/c15-12-5-6-14(16-10-12)18-17-9-11-3-1-2-4-13(11)20-8-7-19/h1-6,10,19H,7-9H2. The highest BCUT2D eigenvalue weighted by molar-refractivity contribution is 7.99. The van der Waals surface area contributed by atoms with Crippen LogP contribution in [0.3, 0.4) is 0 Å². The van der Waals surface area contributed by atoms with Gasteiger partial charge >= 0.3 is 0 Å². The molecule has 0 aliphatic heterocycles. The van der Waals surface area contributed by atoms with Gasteiger partial charge in [-0.2, -0.15) is 5.11 Å². The third kappa shape index (κ3) is 4.40. The molecule has 2 rings (SSSR count). The van der Waals surface area contributed by atoms with Crippen LogP contribution in [0, 0.1) is 5.82 Å². The Morgan fingerprint density at radius 2 is 2.05 bits per heavy atom.